The highest BCUT2D eigenvalue weighted by atomic mass is 16.5. The standard InChI is InChI=1S/C14H23NO2/c1-14(2,3)9-12(10-16)15-11-5-7-13(17-4)8-6-11/h5-8,12,15-16H,9-10H2,1-4H3. The Balaban J connectivity index is 2.61. The third kappa shape index (κ3) is 5.09. The van der Waals surface area contributed by atoms with E-state index in [9.17, 15) is 5.11 Å². The van der Waals surface area contributed by atoms with Crippen molar-refractivity contribution in [1.82, 2.24) is 0 Å². The second-order valence-corrected chi connectivity index (χ2v) is 5.52. The van der Waals surface area contributed by atoms with Crippen molar-refractivity contribution in [3.63, 3.8) is 0 Å². The van der Waals surface area contributed by atoms with Crippen molar-refractivity contribution in [1.29, 1.82) is 0 Å². The van der Waals surface area contributed by atoms with Crippen LogP contribution < -0.4 is 10.1 Å². The molecule has 96 valence electrons. The Kier molecular flexibility index (Phi) is 4.82. The van der Waals surface area contributed by atoms with Gasteiger partial charge in [-0.2, -0.15) is 0 Å². The van der Waals surface area contributed by atoms with E-state index in [4.69, 9.17) is 4.74 Å². The summed E-state index contributed by atoms with van der Waals surface area (Å²) in [5, 5.41) is 12.7. The average Bonchev–Trinajstić information content (AvgIpc) is 2.27. The minimum absolute atomic E-state index is 0.0865. The van der Waals surface area contributed by atoms with Crippen molar-refractivity contribution >= 4 is 5.69 Å². The van der Waals surface area contributed by atoms with Crippen LogP contribution in [0.1, 0.15) is 27.2 Å². The van der Waals surface area contributed by atoms with Gasteiger partial charge in [-0.15, -0.1) is 0 Å². The monoisotopic (exact) mass is 237 g/mol. The first-order chi connectivity index (χ1) is 7.94. The lowest BCUT2D eigenvalue weighted by Crippen LogP contribution is -2.29. The van der Waals surface area contributed by atoms with E-state index < -0.39 is 0 Å². The molecule has 0 radical (unpaired) electrons. The zero-order valence-corrected chi connectivity index (χ0v) is 11.2. The Labute approximate surface area is 104 Å². The number of ether oxygens (including phenoxy) is 1. The molecule has 0 aliphatic heterocycles. The lowest BCUT2D eigenvalue weighted by Gasteiger charge is -2.26. The lowest BCUT2D eigenvalue weighted by molar-refractivity contribution is 0.234. The fourth-order valence-corrected chi connectivity index (χ4v) is 1.82. The molecule has 1 rings (SSSR count). The molecule has 0 fully saturated rings. The van der Waals surface area contributed by atoms with Crippen molar-refractivity contribution in [2.45, 2.75) is 33.2 Å². The van der Waals surface area contributed by atoms with Crippen molar-refractivity contribution in [3.8, 4) is 5.75 Å². The van der Waals surface area contributed by atoms with Gasteiger partial charge in [0.2, 0.25) is 0 Å². The molecule has 1 aromatic carbocycles. The number of benzene rings is 1. The van der Waals surface area contributed by atoms with Gasteiger partial charge in [-0.25, -0.2) is 0 Å². The summed E-state index contributed by atoms with van der Waals surface area (Å²) in [6.45, 7) is 6.66. The summed E-state index contributed by atoms with van der Waals surface area (Å²) in [5.74, 6) is 0.840. The molecule has 0 amide bonds. The van der Waals surface area contributed by atoms with Crippen LogP contribution in [-0.4, -0.2) is 24.9 Å². The van der Waals surface area contributed by atoms with E-state index in [-0.39, 0.29) is 18.1 Å². The SMILES string of the molecule is COc1ccc(NC(CO)CC(C)(C)C)cc1. The van der Waals surface area contributed by atoms with Gasteiger partial charge in [0, 0.05) is 11.7 Å². The summed E-state index contributed by atoms with van der Waals surface area (Å²) in [5.41, 5.74) is 1.21. The maximum atomic E-state index is 9.36. The summed E-state index contributed by atoms with van der Waals surface area (Å²) >= 11 is 0. The van der Waals surface area contributed by atoms with Crippen molar-refractivity contribution in [3.05, 3.63) is 24.3 Å². The Hall–Kier alpha value is -1.22. The van der Waals surface area contributed by atoms with Crippen LogP contribution in [0.2, 0.25) is 0 Å². The first kappa shape index (κ1) is 13.8. The minimum atomic E-state index is 0.0865. The molecule has 0 spiro atoms. The maximum Gasteiger partial charge on any atom is 0.119 e. The Morgan fingerprint density at radius 3 is 2.24 bits per heavy atom. The topological polar surface area (TPSA) is 41.5 Å². The van der Waals surface area contributed by atoms with Crippen LogP contribution in [0, 0.1) is 5.41 Å². The Morgan fingerprint density at radius 2 is 1.82 bits per heavy atom. The molecular weight excluding hydrogens is 214 g/mol. The Morgan fingerprint density at radius 1 is 1.24 bits per heavy atom. The number of nitrogens with one attached hydrogen (secondary N) is 1. The fraction of sp³-hybridized carbons (Fsp3) is 0.571. The molecule has 0 aliphatic rings. The first-order valence-electron chi connectivity index (χ1n) is 5.96. The van der Waals surface area contributed by atoms with Gasteiger partial charge in [0.25, 0.3) is 0 Å². The van der Waals surface area contributed by atoms with E-state index in [1.165, 1.54) is 0 Å². The third-order valence-corrected chi connectivity index (χ3v) is 2.54. The average molecular weight is 237 g/mol. The van der Waals surface area contributed by atoms with Gasteiger partial charge in [-0.1, -0.05) is 20.8 Å². The van der Waals surface area contributed by atoms with Crippen LogP contribution in [0.25, 0.3) is 0 Å². The zero-order chi connectivity index (χ0) is 12.9. The van der Waals surface area contributed by atoms with E-state index in [0.717, 1.165) is 17.9 Å². The molecule has 0 aromatic heterocycles. The summed E-state index contributed by atoms with van der Waals surface area (Å²) in [4.78, 5) is 0. The summed E-state index contributed by atoms with van der Waals surface area (Å²) in [7, 11) is 1.65. The minimum Gasteiger partial charge on any atom is -0.497 e. The summed E-state index contributed by atoms with van der Waals surface area (Å²) in [6, 6.07) is 7.83. The number of aliphatic hydroxyl groups is 1. The summed E-state index contributed by atoms with van der Waals surface area (Å²) in [6.07, 6.45) is 0.926. The molecule has 2 N–H and O–H groups in total. The fourth-order valence-electron chi connectivity index (χ4n) is 1.82. The van der Waals surface area contributed by atoms with Gasteiger partial charge in [0.05, 0.1) is 13.7 Å². The number of rotatable bonds is 5. The van der Waals surface area contributed by atoms with E-state index in [0.29, 0.717) is 0 Å². The van der Waals surface area contributed by atoms with Crippen LogP contribution in [0.5, 0.6) is 5.75 Å². The maximum absolute atomic E-state index is 9.36. The van der Waals surface area contributed by atoms with E-state index >= 15 is 0 Å². The van der Waals surface area contributed by atoms with Crippen molar-refractivity contribution in [2.75, 3.05) is 19.0 Å². The molecule has 0 saturated carbocycles. The largest absolute Gasteiger partial charge is 0.497 e. The van der Waals surface area contributed by atoms with E-state index in [1.807, 2.05) is 24.3 Å². The molecule has 3 heteroatoms. The quantitative estimate of drug-likeness (QED) is 0.827. The van der Waals surface area contributed by atoms with Crippen LogP contribution >= 0.6 is 0 Å². The molecule has 17 heavy (non-hydrogen) atoms. The van der Waals surface area contributed by atoms with Gasteiger partial charge in [0.1, 0.15) is 5.75 Å². The van der Waals surface area contributed by atoms with Crippen molar-refractivity contribution < 1.29 is 9.84 Å². The van der Waals surface area contributed by atoms with Gasteiger partial charge in [-0.05, 0) is 36.1 Å². The molecule has 1 atom stereocenters. The highest BCUT2D eigenvalue weighted by Crippen LogP contribution is 2.23. The van der Waals surface area contributed by atoms with Crippen LogP contribution in [0.3, 0.4) is 0 Å². The smallest absolute Gasteiger partial charge is 0.119 e. The second-order valence-electron chi connectivity index (χ2n) is 5.52. The van der Waals surface area contributed by atoms with E-state index in [2.05, 4.69) is 26.1 Å². The van der Waals surface area contributed by atoms with Gasteiger partial charge in [0.15, 0.2) is 0 Å². The molecular formula is C14H23NO2. The van der Waals surface area contributed by atoms with Crippen LogP contribution in [0.4, 0.5) is 5.69 Å². The normalized spacial score (nSPS) is 13.2. The molecule has 0 heterocycles. The van der Waals surface area contributed by atoms with E-state index in [1.54, 1.807) is 7.11 Å². The van der Waals surface area contributed by atoms with Gasteiger partial charge < -0.3 is 15.2 Å². The highest BCUT2D eigenvalue weighted by Gasteiger charge is 2.17. The molecule has 1 aromatic rings. The molecule has 0 bridgehead atoms. The highest BCUT2D eigenvalue weighted by molar-refractivity contribution is 5.47. The first-order valence-corrected chi connectivity index (χ1v) is 5.96. The van der Waals surface area contributed by atoms with Gasteiger partial charge >= 0.3 is 0 Å². The number of hydrogen-bond acceptors (Lipinski definition) is 3. The van der Waals surface area contributed by atoms with Crippen LogP contribution in [0.15, 0.2) is 24.3 Å². The Bertz CT molecular complexity index is 327. The number of aliphatic hydroxyl groups excluding tert-OH is 1. The van der Waals surface area contributed by atoms with Gasteiger partial charge in [-0.3, -0.25) is 0 Å². The predicted molar refractivity (Wildman–Crippen MR) is 71.6 cm³/mol. The molecule has 1 unspecified atom stereocenters. The van der Waals surface area contributed by atoms with Crippen LogP contribution in [-0.2, 0) is 0 Å². The zero-order valence-electron chi connectivity index (χ0n) is 11.2. The summed E-state index contributed by atoms with van der Waals surface area (Å²) < 4.78 is 5.10. The van der Waals surface area contributed by atoms with Crippen molar-refractivity contribution in [2.24, 2.45) is 5.41 Å². The number of anilines is 1. The predicted octanol–water partition coefficient (Wildman–Crippen LogP) is 2.90. The lowest BCUT2D eigenvalue weighted by atomic mass is 9.88. The second kappa shape index (κ2) is 5.92. The third-order valence-electron chi connectivity index (χ3n) is 2.54. The molecule has 3 nitrogen and oxygen atoms in total. The molecule has 0 aliphatic carbocycles. The molecule has 0 saturated heterocycles. The number of methoxy groups -OCH3 is 1. The number of hydrogen-bond donors (Lipinski definition) is 2.